The molecular formula is C13H23NO. The molecule has 2 heteroatoms. The lowest BCUT2D eigenvalue weighted by Crippen LogP contribution is -2.39. The first-order chi connectivity index (χ1) is 7.25. The van der Waals surface area contributed by atoms with E-state index >= 15 is 0 Å². The summed E-state index contributed by atoms with van der Waals surface area (Å²) in [7, 11) is 0. The van der Waals surface area contributed by atoms with Gasteiger partial charge in [0.05, 0.1) is 0 Å². The van der Waals surface area contributed by atoms with E-state index in [4.69, 9.17) is 0 Å². The molecule has 0 bridgehead atoms. The highest BCUT2D eigenvalue weighted by Gasteiger charge is 2.25. The molecule has 1 saturated heterocycles. The van der Waals surface area contributed by atoms with Gasteiger partial charge >= 0.3 is 0 Å². The van der Waals surface area contributed by atoms with Crippen molar-refractivity contribution in [3.63, 3.8) is 0 Å². The lowest BCUT2D eigenvalue weighted by atomic mass is 9.80. The average Bonchev–Trinajstić information content (AvgIpc) is 2.25. The van der Waals surface area contributed by atoms with E-state index in [-0.39, 0.29) is 0 Å². The van der Waals surface area contributed by atoms with Gasteiger partial charge in [-0.05, 0) is 18.3 Å². The van der Waals surface area contributed by atoms with Gasteiger partial charge in [-0.2, -0.15) is 0 Å². The van der Waals surface area contributed by atoms with E-state index in [1.807, 2.05) is 0 Å². The number of rotatable bonds is 2. The van der Waals surface area contributed by atoms with Crippen LogP contribution in [0.2, 0.25) is 0 Å². The zero-order valence-corrected chi connectivity index (χ0v) is 9.87. The first kappa shape index (κ1) is 11.1. The molecule has 0 spiro atoms. The van der Waals surface area contributed by atoms with E-state index in [1.165, 1.54) is 32.2 Å². The lowest BCUT2D eigenvalue weighted by molar-refractivity contribution is -0.121. The molecule has 0 N–H and O–H groups in total. The van der Waals surface area contributed by atoms with Crippen LogP contribution in [0.4, 0.5) is 0 Å². The van der Waals surface area contributed by atoms with Gasteiger partial charge in [0.25, 0.3) is 0 Å². The predicted octanol–water partition coefficient (Wildman–Crippen LogP) is 2.48. The Morgan fingerprint density at radius 3 is 2.53 bits per heavy atom. The monoisotopic (exact) mass is 209 g/mol. The number of Topliss-reactive ketones (excluding diaryl/α,β-unsaturated/α-hetero) is 1. The summed E-state index contributed by atoms with van der Waals surface area (Å²) < 4.78 is 0. The van der Waals surface area contributed by atoms with Crippen molar-refractivity contribution in [1.29, 1.82) is 0 Å². The second kappa shape index (κ2) is 5.11. The van der Waals surface area contributed by atoms with E-state index in [0.29, 0.717) is 5.78 Å². The predicted molar refractivity (Wildman–Crippen MR) is 61.8 cm³/mol. The van der Waals surface area contributed by atoms with E-state index in [2.05, 4.69) is 11.8 Å². The van der Waals surface area contributed by atoms with Crippen molar-refractivity contribution in [3.8, 4) is 0 Å². The van der Waals surface area contributed by atoms with Crippen LogP contribution in [0.25, 0.3) is 0 Å². The number of carbonyl (C=O) groups is 1. The number of hydrogen-bond donors (Lipinski definition) is 0. The minimum atomic E-state index is 0.461. The van der Waals surface area contributed by atoms with Gasteiger partial charge in [0.15, 0.2) is 0 Å². The molecule has 1 aliphatic carbocycles. The van der Waals surface area contributed by atoms with Crippen LogP contribution in [0.1, 0.15) is 45.4 Å². The van der Waals surface area contributed by atoms with Crippen LogP contribution in [0.5, 0.6) is 0 Å². The van der Waals surface area contributed by atoms with E-state index in [9.17, 15) is 4.79 Å². The fourth-order valence-electron chi connectivity index (χ4n) is 2.98. The van der Waals surface area contributed by atoms with Gasteiger partial charge < -0.3 is 4.90 Å². The summed E-state index contributed by atoms with van der Waals surface area (Å²) in [6.45, 7) is 5.68. The Morgan fingerprint density at radius 2 is 1.87 bits per heavy atom. The third kappa shape index (κ3) is 3.04. The summed E-state index contributed by atoms with van der Waals surface area (Å²) >= 11 is 0. The summed E-state index contributed by atoms with van der Waals surface area (Å²) in [4.78, 5) is 13.6. The number of carbonyl (C=O) groups excluding carboxylic acids is 1. The van der Waals surface area contributed by atoms with Crippen molar-refractivity contribution >= 4 is 5.78 Å². The Hall–Kier alpha value is -0.370. The molecule has 0 radical (unpaired) electrons. The molecule has 2 nitrogen and oxygen atoms in total. The molecule has 2 fully saturated rings. The molecule has 0 aromatic heterocycles. The van der Waals surface area contributed by atoms with Gasteiger partial charge in [-0.3, -0.25) is 4.79 Å². The van der Waals surface area contributed by atoms with Crippen LogP contribution in [0, 0.1) is 11.8 Å². The van der Waals surface area contributed by atoms with Crippen molar-refractivity contribution in [2.24, 2.45) is 11.8 Å². The molecule has 2 atom stereocenters. The van der Waals surface area contributed by atoms with Gasteiger partial charge in [-0.15, -0.1) is 0 Å². The average molecular weight is 209 g/mol. The number of ketones is 1. The SMILES string of the molecule is CC1CCCCC1CN1CCC(=O)CC1. The molecule has 2 rings (SSSR count). The molecule has 2 aliphatic rings. The van der Waals surface area contributed by atoms with Gasteiger partial charge in [0, 0.05) is 32.5 Å². The summed E-state index contributed by atoms with van der Waals surface area (Å²) in [5.74, 6) is 2.26. The number of hydrogen-bond acceptors (Lipinski definition) is 2. The molecule has 1 aliphatic heterocycles. The highest BCUT2D eigenvalue weighted by molar-refractivity contribution is 5.79. The van der Waals surface area contributed by atoms with Gasteiger partial charge in [-0.25, -0.2) is 0 Å². The maximum absolute atomic E-state index is 11.1. The van der Waals surface area contributed by atoms with Gasteiger partial charge in [-0.1, -0.05) is 26.2 Å². The van der Waals surface area contributed by atoms with E-state index in [1.54, 1.807) is 0 Å². The maximum atomic E-state index is 11.1. The lowest BCUT2D eigenvalue weighted by Gasteiger charge is -2.35. The quantitative estimate of drug-likeness (QED) is 0.696. The molecule has 86 valence electrons. The molecule has 1 heterocycles. The zero-order chi connectivity index (χ0) is 10.7. The Bertz CT molecular complexity index is 217. The van der Waals surface area contributed by atoms with E-state index < -0.39 is 0 Å². The molecule has 0 aromatic rings. The molecule has 2 unspecified atom stereocenters. The fourth-order valence-corrected chi connectivity index (χ4v) is 2.98. The number of nitrogens with zero attached hydrogens (tertiary/aromatic N) is 1. The van der Waals surface area contributed by atoms with Crippen LogP contribution in [0.15, 0.2) is 0 Å². The van der Waals surface area contributed by atoms with Crippen LogP contribution >= 0.6 is 0 Å². The summed E-state index contributed by atoms with van der Waals surface area (Å²) in [6, 6.07) is 0. The van der Waals surface area contributed by atoms with Crippen molar-refractivity contribution in [2.45, 2.75) is 45.4 Å². The first-order valence-corrected chi connectivity index (χ1v) is 6.50. The summed E-state index contributed by atoms with van der Waals surface area (Å²) in [5, 5.41) is 0. The van der Waals surface area contributed by atoms with Crippen LogP contribution in [-0.4, -0.2) is 30.3 Å². The second-order valence-electron chi connectivity index (χ2n) is 5.36. The van der Waals surface area contributed by atoms with Crippen LogP contribution in [-0.2, 0) is 4.79 Å². The van der Waals surface area contributed by atoms with Crippen molar-refractivity contribution in [3.05, 3.63) is 0 Å². The van der Waals surface area contributed by atoms with Crippen molar-refractivity contribution in [2.75, 3.05) is 19.6 Å². The molecule has 0 amide bonds. The molecular weight excluding hydrogens is 186 g/mol. The second-order valence-corrected chi connectivity index (χ2v) is 5.36. The van der Waals surface area contributed by atoms with Gasteiger partial charge in [0.2, 0.25) is 0 Å². The standard InChI is InChI=1S/C13H23NO/c1-11-4-2-3-5-12(11)10-14-8-6-13(15)7-9-14/h11-12H,2-10H2,1H3. The third-order valence-corrected chi connectivity index (χ3v) is 4.20. The third-order valence-electron chi connectivity index (χ3n) is 4.20. The Kier molecular flexibility index (Phi) is 3.79. The number of piperidine rings is 1. The minimum Gasteiger partial charge on any atom is -0.302 e. The molecule has 1 saturated carbocycles. The topological polar surface area (TPSA) is 20.3 Å². The van der Waals surface area contributed by atoms with E-state index in [0.717, 1.165) is 37.8 Å². The highest BCUT2D eigenvalue weighted by atomic mass is 16.1. The van der Waals surface area contributed by atoms with Crippen molar-refractivity contribution < 1.29 is 4.79 Å². The Morgan fingerprint density at radius 1 is 1.20 bits per heavy atom. The van der Waals surface area contributed by atoms with Crippen LogP contribution < -0.4 is 0 Å². The minimum absolute atomic E-state index is 0.461. The smallest absolute Gasteiger partial charge is 0.135 e. The fraction of sp³-hybridized carbons (Fsp3) is 0.923. The number of likely N-dealkylation sites (tertiary alicyclic amines) is 1. The zero-order valence-electron chi connectivity index (χ0n) is 9.87. The summed E-state index contributed by atoms with van der Waals surface area (Å²) in [6.07, 6.45) is 7.25. The molecule has 0 aromatic carbocycles. The summed E-state index contributed by atoms with van der Waals surface area (Å²) in [5.41, 5.74) is 0. The largest absolute Gasteiger partial charge is 0.302 e. The van der Waals surface area contributed by atoms with Crippen LogP contribution in [0.3, 0.4) is 0 Å². The first-order valence-electron chi connectivity index (χ1n) is 6.50. The highest BCUT2D eigenvalue weighted by Crippen LogP contribution is 2.30. The van der Waals surface area contributed by atoms with Crippen molar-refractivity contribution in [1.82, 2.24) is 4.90 Å². The molecule has 15 heavy (non-hydrogen) atoms. The Labute approximate surface area is 93.0 Å². The maximum Gasteiger partial charge on any atom is 0.135 e. The normalized spacial score (nSPS) is 34.3. The van der Waals surface area contributed by atoms with Gasteiger partial charge in [0.1, 0.15) is 5.78 Å². The Balaban J connectivity index is 1.78.